The van der Waals surface area contributed by atoms with Gasteiger partial charge in [-0.25, -0.2) is 9.79 Å². The molecular formula is C17H20IN3O3. The number of carbonyl (C=O) groups excluding carboxylic acids is 1. The van der Waals surface area contributed by atoms with Gasteiger partial charge in [0.15, 0.2) is 5.96 Å². The zero-order valence-corrected chi connectivity index (χ0v) is 15.8. The first kappa shape index (κ1) is 19.8. The van der Waals surface area contributed by atoms with Gasteiger partial charge in [0.2, 0.25) is 0 Å². The van der Waals surface area contributed by atoms with E-state index in [-0.39, 0.29) is 29.9 Å². The minimum atomic E-state index is -0.375. The number of benzene rings is 2. The lowest BCUT2D eigenvalue weighted by atomic mass is 10.1. The van der Waals surface area contributed by atoms with Crippen LogP contribution in [0.4, 0.5) is 5.69 Å². The first-order chi connectivity index (χ1) is 11.1. The molecule has 128 valence electrons. The van der Waals surface area contributed by atoms with Crippen molar-refractivity contribution in [1.29, 1.82) is 0 Å². The van der Waals surface area contributed by atoms with Crippen LogP contribution in [0, 0.1) is 0 Å². The van der Waals surface area contributed by atoms with E-state index in [0.717, 1.165) is 17.0 Å². The number of esters is 1. The fourth-order valence-corrected chi connectivity index (χ4v) is 1.95. The van der Waals surface area contributed by atoms with E-state index >= 15 is 0 Å². The summed E-state index contributed by atoms with van der Waals surface area (Å²) in [7, 11) is 2.96. The summed E-state index contributed by atoms with van der Waals surface area (Å²) in [5.41, 5.74) is 8.04. The predicted octanol–water partition coefficient (Wildman–Crippen LogP) is 3.03. The normalized spacial score (nSPS) is 10.5. The first-order valence-corrected chi connectivity index (χ1v) is 7.00. The maximum atomic E-state index is 11.5. The number of anilines is 1. The molecule has 0 aliphatic carbocycles. The van der Waals surface area contributed by atoms with E-state index in [1.807, 2.05) is 30.3 Å². The smallest absolute Gasteiger partial charge is 0.337 e. The second-order valence-electron chi connectivity index (χ2n) is 4.75. The highest BCUT2D eigenvalue weighted by molar-refractivity contribution is 14.0. The van der Waals surface area contributed by atoms with Crippen LogP contribution >= 0.6 is 24.0 Å². The van der Waals surface area contributed by atoms with Crippen molar-refractivity contribution in [3.63, 3.8) is 0 Å². The van der Waals surface area contributed by atoms with E-state index in [1.54, 1.807) is 25.3 Å². The van der Waals surface area contributed by atoms with E-state index in [0.29, 0.717) is 18.1 Å². The Morgan fingerprint density at radius 3 is 2.50 bits per heavy atom. The van der Waals surface area contributed by atoms with Crippen molar-refractivity contribution in [3.8, 4) is 5.75 Å². The van der Waals surface area contributed by atoms with Crippen molar-refractivity contribution in [1.82, 2.24) is 0 Å². The molecule has 0 saturated carbocycles. The van der Waals surface area contributed by atoms with Gasteiger partial charge in [-0.05, 0) is 42.0 Å². The molecule has 0 fully saturated rings. The number of nitrogens with zero attached hydrogens (tertiary/aromatic N) is 1. The summed E-state index contributed by atoms with van der Waals surface area (Å²) in [5, 5.41) is 2.99. The van der Waals surface area contributed by atoms with Gasteiger partial charge in [0.25, 0.3) is 0 Å². The van der Waals surface area contributed by atoms with E-state index in [4.69, 9.17) is 15.2 Å². The molecule has 0 amide bonds. The predicted molar refractivity (Wildman–Crippen MR) is 105 cm³/mol. The van der Waals surface area contributed by atoms with Crippen molar-refractivity contribution in [2.24, 2.45) is 10.7 Å². The monoisotopic (exact) mass is 441 g/mol. The number of methoxy groups -OCH3 is 2. The molecule has 2 rings (SSSR count). The Labute approximate surface area is 158 Å². The molecule has 0 saturated heterocycles. The van der Waals surface area contributed by atoms with Gasteiger partial charge in [-0.1, -0.05) is 12.1 Å². The Hall–Kier alpha value is -2.29. The van der Waals surface area contributed by atoms with Gasteiger partial charge < -0.3 is 20.5 Å². The van der Waals surface area contributed by atoms with Gasteiger partial charge in [-0.3, -0.25) is 0 Å². The minimum absolute atomic E-state index is 0. The quantitative estimate of drug-likeness (QED) is 0.323. The highest BCUT2D eigenvalue weighted by atomic mass is 127. The maximum absolute atomic E-state index is 11.5. The molecular weight excluding hydrogens is 421 g/mol. The van der Waals surface area contributed by atoms with Crippen molar-refractivity contribution < 1.29 is 14.3 Å². The van der Waals surface area contributed by atoms with Crippen molar-refractivity contribution in [2.75, 3.05) is 19.5 Å². The maximum Gasteiger partial charge on any atom is 0.337 e. The number of nitrogens with one attached hydrogen (secondary N) is 1. The molecule has 6 nitrogen and oxygen atoms in total. The van der Waals surface area contributed by atoms with Gasteiger partial charge in [0.1, 0.15) is 5.75 Å². The summed E-state index contributed by atoms with van der Waals surface area (Å²) in [5.74, 6) is 0.685. The lowest BCUT2D eigenvalue weighted by Gasteiger charge is -2.07. The number of rotatable bonds is 5. The standard InChI is InChI=1S/C17H19N3O3.HI/c1-22-15-8-6-14(7-9-15)20-17(18)19-11-12-4-3-5-13(10-12)16(21)23-2;/h3-10H,11H2,1-2H3,(H3,18,19,20);1H. The molecule has 0 aromatic heterocycles. The summed E-state index contributed by atoms with van der Waals surface area (Å²) >= 11 is 0. The minimum Gasteiger partial charge on any atom is -0.497 e. The van der Waals surface area contributed by atoms with E-state index in [2.05, 4.69) is 10.3 Å². The molecule has 0 atom stereocenters. The topological polar surface area (TPSA) is 85.9 Å². The summed E-state index contributed by atoms with van der Waals surface area (Å²) in [6, 6.07) is 14.4. The first-order valence-electron chi connectivity index (χ1n) is 7.00. The molecule has 3 N–H and O–H groups in total. The number of ether oxygens (including phenoxy) is 2. The van der Waals surface area contributed by atoms with Crippen molar-refractivity contribution in [3.05, 3.63) is 59.7 Å². The fourth-order valence-electron chi connectivity index (χ4n) is 1.95. The number of halogens is 1. The lowest BCUT2D eigenvalue weighted by molar-refractivity contribution is 0.0600. The average molecular weight is 441 g/mol. The lowest BCUT2D eigenvalue weighted by Crippen LogP contribution is -2.22. The third kappa shape index (κ3) is 5.73. The van der Waals surface area contributed by atoms with Crippen LogP contribution in [0.2, 0.25) is 0 Å². The molecule has 0 aliphatic rings. The SMILES string of the molecule is COC(=O)c1cccc(CN=C(N)Nc2ccc(OC)cc2)c1.I. The Morgan fingerprint density at radius 2 is 1.88 bits per heavy atom. The highest BCUT2D eigenvalue weighted by Crippen LogP contribution is 2.14. The van der Waals surface area contributed by atoms with Crippen molar-refractivity contribution in [2.45, 2.75) is 6.54 Å². The number of guanidine groups is 1. The van der Waals surface area contributed by atoms with Crippen LogP contribution in [0.25, 0.3) is 0 Å². The molecule has 7 heteroatoms. The summed E-state index contributed by atoms with van der Waals surface area (Å²) < 4.78 is 9.78. The molecule has 0 radical (unpaired) electrons. The van der Waals surface area contributed by atoms with E-state index in [9.17, 15) is 4.79 Å². The summed E-state index contributed by atoms with van der Waals surface area (Å²) in [6.07, 6.45) is 0. The van der Waals surface area contributed by atoms with E-state index < -0.39 is 0 Å². The fraction of sp³-hybridized carbons (Fsp3) is 0.176. The summed E-state index contributed by atoms with van der Waals surface area (Å²) in [6.45, 7) is 0.361. The second kappa shape index (κ2) is 9.76. The van der Waals surface area contributed by atoms with Gasteiger partial charge >= 0.3 is 5.97 Å². The number of hydrogen-bond donors (Lipinski definition) is 2. The number of aliphatic imine (C=N–C) groups is 1. The molecule has 2 aromatic rings. The Balaban J connectivity index is 0.00000288. The van der Waals surface area contributed by atoms with Crippen LogP contribution in [-0.2, 0) is 11.3 Å². The average Bonchev–Trinajstić information content (AvgIpc) is 2.60. The molecule has 0 heterocycles. The largest absolute Gasteiger partial charge is 0.497 e. The molecule has 0 bridgehead atoms. The summed E-state index contributed by atoms with van der Waals surface area (Å²) in [4.78, 5) is 15.8. The molecule has 0 unspecified atom stereocenters. The molecule has 24 heavy (non-hydrogen) atoms. The van der Waals surface area contributed by atoms with Crippen LogP contribution < -0.4 is 15.8 Å². The second-order valence-corrected chi connectivity index (χ2v) is 4.75. The highest BCUT2D eigenvalue weighted by Gasteiger charge is 2.05. The third-order valence-corrected chi connectivity index (χ3v) is 3.14. The molecule has 0 aliphatic heterocycles. The zero-order chi connectivity index (χ0) is 16.7. The van der Waals surface area contributed by atoms with Crippen LogP contribution in [-0.4, -0.2) is 26.1 Å². The van der Waals surface area contributed by atoms with E-state index in [1.165, 1.54) is 7.11 Å². The van der Waals surface area contributed by atoms with Crippen LogP contribution in [0.15, 0.2) is 53.5 Å². The van der Waals surface area contributed by atoms with Crippen LogP contribution in [0.5, 0.6) is 5.75 Å². The third-order valence-electron chi connectivity index (χ3n) is 3.14. The van der Waals surface area contributed by atoms with Crippen molar-refractivity contribution >= 4 is 41.6 Å². The number of hydrogen-bond acceptors (Lipinski definition) is 4. The Bertz CT molecular complexity index is 702. The van der Waals surface area contributed by atoms with Crippen LogP contribution in [0.1, 0.15) is 15.9 Å². The number of nitrogens with two attached hydrogens (primary N) is 1. The van der Waals surface area contributed by atoms with Gasteiger partial charge in [-0.15, -0.1) is 24.0 Å². The van der Waals surface area contributed by atoms with Gasteiger partial charge in [-0.2, -0.15) is 0 Å². The molecule has 2 aromatic carbocycles. The number of carbonyl (C=O) groups is 1. The Morgan fingerprint density at radius 1 is 1.17 bits per heavy atom. The van der Waals surface area contributed by atoms with Crippen LogP contribution in [0.3, 0.4) is 0 Å². The zero-order valence-electron chi connectivity index (χ0n) is 13.5. The molecule has 0 spiro atoms. The van der Waals surface area contributed by atoms with Gasteiger partial charge in [0, 0.05) is 5.69 Å². The Kier molecular flexibility index (Phi) is 8.03. The van der Waals surface area contributed by atoms with Gasteiger partial charge in [0.05, 0.1) is 26.3 Å².